The van der Waals surface area contributed by atoms with Gasteiger partial charge in [0, 0.05) is 19.3 Å². The molecule has 6 heteroatoms. The number of hydrogen-bond donors (Lipinski definition) is 0. The lowest BCUT2D eigenvalue weighted by atomic mass is 10.0. The summed E-state index contributed by atoms with van der Waals surface area (Å²) in [5.74, 6) is -0.853. The number of rotatable bonds is 52. The van der Waals surface area contributed by atoms with Crippen LogP contribution in [0.1, 0.15) is 316 Å². The zero-order valence-electron chi connectivity index (χ0n) is 42.6. The molecule has 0 saturated heterocycles. The van der Waals surface area contributed by atoms with Gasteiger partial charge in [-0.3, -0.25) is 14.4 Å². The van der Waals surface area contributed by atoms with Crippen molar-refractivity contribution in [1.82, 2.24) is 0 Å². The van der Waals surface area contributed by atoms with Crippen molar-refractivity contribution in [2.24, 2.45) is 0 Å². The highest BCUT2D eigenvalue weighted by Crippen LogP contribution is 2.17. The molecule has 0 saturated carbocycles. The molecule has 63 heavy (non-hydrogen) atoms. The van der Waals surface area contributed by atoms with Gasteiger partial charge in [0.1, 0.15) is 13.2 Å². The third-order valence-corrected chi connectivity index (χ3v) is 12.8. The lowest BCUT2D eigenvalue weighted by Crippen LogP contribution is -2.30. The average Bonchev–Trinajstić information content (AvgIpc) is 3.28. The maximum absolute atomic E-state index is 12.7. The highest BCUT2D eigenvalue weighted by Gasteiger charge is 2.19. The smallest absolute Gasteiger partial charge is 0.306 e. The van der Waals surface area contributed by atoms with Crippen molar-refractivity contribution in [3.63, 3.8) is 0 Å². The first-order valence-electron chi connectivity index (χ1n) is 28.2. The van der Waals surface area contributed by atoms with E-state index in [1.807, 2.05) is 0 Å². The van der Waals surface area contributed by atoms with E-state index in [2.05, 4.69) is 32.9 Å². The molecular weight excluding hydrogens is 781 g/mol. The quantitative estimate of drug-likeness (QED) is 0.0262. The Labute approximate surface area is 392 Å². The minimum Gasteiger partial charge on any atom is -0.462 e. The van der Waals surface area contributed by atoms with Gasteiger partial charge in [0.15, 0.2) is 6.10 Å². The summed E-state index contributed by atoms with van der Waals surface area (Å²) < 4.78 is 16.8. The first kappa shape index (κ1) is 61.1. The molecule has 372 valence electrons. The third-order valence-electron chi connectivity index (χ3n) is 12.8. The summed E-state index contributed by atoms with van der Waals surface area (Å²) in [6, 6.07) is 0. The van der Waals surface area contributed by atoms with E-state index in [-0.39, 0.29) is 31.1 Å². The molecule has 0 N–H and O–H groups in total. The van der Waals surface area contributed by atoms with E-state index in [1.165, 1.54) is 218 Å². The van der Waals surface area contributed by atoms with Crippen LogP contribution in [0.25, 0.3) is 0 Å². The molecule has 0 aliphatic carbocycles. The van der Waals surface area contributed by atoms with Crippen LogP contribution in [-0.2, 0) is 28.6 Å². The predicted molar refractivity (Wildman–Crippen MR) is 270 cm³/mol. The van der Waals surface area contributed by atoms with Crippen LogP contribution in [0.4, 0.5) is 0 Å². The summed E-state index contributed by atoms with van der Waals surface area (Å²) in [7, 11) is 0. The number of esters is 3. The molecule has 0 fully saturated rings. The Balaban J connectivity index is 4.00. The topological polar surface area (TPSA) is 78.9 Å². The van der Waals surface area contributed by atoms with Gasteiger partial charge in [-0.2, -0.15) is 0 Å². The highest BCUT2D eigenvalue weighted by molar-refractivity contribution is 5.71. The van der Waals surface area contributed by atoms with Crippen molar-refractivity contribution in [3.05, 3.63) is 12.2 Å². The van der Waals surface area contributed by atoms with Gasteiger partial charge in [0.05, 0.1) is 0 Å². The van der Waals surface area contributed by atoms with E-state index >= 15 is 0 Å². The van der Waals surface area contributed by atoms with Crippen molar-refractivity contribution in [3.8, 4) is 0 Å². The predicted octanol–water partition coefficient (Wildman–Crippen LogP) is 18.5. The molecule has 0 spiro atoms. The van der Waals surface area contributed by atoms with Gasteiger partial charge in [0.2, 0.25) is 0 Å². The molecule has 0 heterocycles. The van der Waals surface area contributed by atoms with Crippen LogP contribution in [-0.4, -0.2) is 37.2 Å². The molecule has 0 bridgehead atoms. The SMILES string of the molecule is CCCCCCCCCC/C=C\CCCCCCCCCCCCCCCCCC(=O)OCC(COC(=O)CCCCCCCCCCC)OC(=O)CCCCCCCCCCC. The second-order valence-electron chi connectivity index (χ2n) is 19.2. The van der Waals surface area contributed by atoms with Crippen molar-refractivity contribution < 1.29 is 28.6 Å². The maximum Gasteiger partial charge on any atom is 0.306 e. The minimum atomic E-state index is -0.760. The summed E-state index contributed by atoms with van der Waals surface area (Å²) in [6.45, 7) is 6.64. The van der Waals surface area contributed by atoms with Gasteiger partial charge in [-0.1, -0.05) is 264 Å². The Morgan fingerprint density at radius 1 is 0.302 bits per heavy atom. The molecular formula is C57H108O6. The van der Waals surface area contributed by atoms with Crippen LogP contribution in [0.3, 0.4) is 0 Å². The van der Waals surface area contributed by atoms with Crippen LogP contribution in [0, 0.1) is 0 Å². The Bertz CT molecular complexity index is 978. The van der Waals surface area contributed by atoms with E-state index < -0.39 is 6.10 Å². The molecule has 1 atom stereocenters. The lowest BCUT2D eigenvalue weighted by Gasteiger charge is -2.18. The second kappa shape index (κ2) is 52.8. The van der Waals surface area contributed by atoms with E-state index in [0.29, 0.717) is 19.3 Å². The van der Waals surface area contributed by atoms with E-state index in [4.69, 9.17) is 14.2 Å². The normalized spacial score (nSPS) is 12.0. The van der Waals surface area contributed by atoms with E-state index in [9.17, 15) is 14.4 Å². The average molecular weight is 889 g/mol. The molecule has 0 aromatic rings. The number of carbonyl (C=O) groups excluding carboxylic acids is 3. The van der Waals surface area contributed by atoms with Crippen LogP contribution in [0.2, 0.25) is 0 Å². The van der Waals surface area contributed by atoms with Crippen LogP contribution >= 0.6 is 0 Å². The summed E-state index contributed by atoms with van der Waals surface area (Å²) in [5.41, 5.74) is 0. The maximum atomic E-state index is 12.7. The van der Waals surface area contributed by atoms with Gasteiger partial charge in [0.25, 0.3) is 0 Å². The lowest BCUT2D eigenvalue weighted by molar-refractivity contribution is -0.167. The number of carbonyl (C=O) groups is 3. The number of unbranched alkanes of at least 4 members (excludes halogenated alkanes) is 39. The first-order valence-corrected chi connectivity index (χ1v) is 28.2. The zero-order chi connectivity index (χ0) is 45.8. The molecule has 0 aromatic carbocycles. The van der Waals surface area contributed by atoms with Crippen molar-refractivity contribution in [2.75, 3.05) is 13.2 Å². The van der Waals surface area contributed by atoms with Gasteiger partial charge in [-0.25, -0.2) is 0 Å². The molecule has 0 radical (unpaired) electrons. The van der Waals surface area contributed by atoms with Crippen molar-refractivity contribution in [2.45, 2.75) is 322 Å². The second-order valence-corrected chi connectivity index (χ2v) is 19.2. The largest absolute Gasteiger partial charge is 0.462 e. The van der Waals surface area contributed by atoms with Crippen molar-refractivity contribution in [1.29, 1.82) is 0 Å². The van der Waals surface area contributed by atoms with Gasteiger partial charge in [-0.15, -0.1) is 0 Å². The molecule has 0 aromatic heterocycles. The molecule has 6 nitrogen and oxygen atoms in total. The Morgan fingerprint density at radius 2 is 0.524 bits per heavy atom. The van der Waals surface area contributed by atoms with Gasteiger partial charge < -0.3 is 14.2 Å². The van der Waals surface area contributed by atoms with E-state index in [0.717, 1.165) is 57.8 Å². The summed E-state index contributed by atoms with van der Waals surface area (Å²) >= 11 is 0. The molecule has 0 rings (SSSR count). The van der Waals surface area contributed by atoms with Crippen LogP contribution in [0.15, 0.2) is 12.2 Å². The first-order chi connectivity index (χ1) is 31.0. The fourth-order valence-electron chi connectivity index (χ4n) is 8.50. The highest BCUT2D eigenvalue weighted by atomic mass is 16.6. The molecule has 0 aliphatic heterocycles. The number of ether oxygens (including phenoxy) is 3. The third kappa shape index (κ3) is 51.0. The summed E-state index contributed by atoms with van der Waals surface area (Å²) in [6.07, 6.45) is 59.5. The monoisotopic (exact) mass is 889 g/mol. The number of allylic oxidation sites excluding steroid dienone is 2. The fourth-order valence-corrected chi connectivity index (χ4v) is 8.50. The summed E-state index contributed by atoms with van der Waals surface area (Å²) in [5, 5.41) is 0. The fraction of sp³-hybridized carbons (Fsp3) is 0.912. The summed E-state index contributed by atoms with van der Waals surface area (Å²) in [4.78, 5) is 37.8. The van der Waals surface area contributed by atoms with Gasteiger partial charge >= 0.3 is 17.9 Å². The van der Waals surface area contributed by atoms with E-state index in [1.54, 1.807) is 0 Å². The Kier molecular flexibility index (Phi) is 51.2. The molecule has 1 unspecified atom stereocenters. The zero-order valence-corrected chi connectivity index (χ0v) is 42.6. The molecule has 0 aliphatic rings. The minimum absolute atomic E-state index is 0.0645. The number of hydrogen-bond acceptors (Lipinski definition) is 6. The molecule has 0 amide bonds. The standard InChI is InChI=1S/C57H108O6/c1-4-7-10-13-16-19-20-21-22-23-24-25-26-27-28-29-30-31-32-33-34-35-36-39-41-44-47-50-56(59)62-53-54(63-57(60)51-48-45-42-38-18-15-12-9-6-3)52-61-55(58)49-46-43-40-37-17-14-11-8-5-2/h23-24,54H,4-22,25-53H2,1-3H3/b24-23-. The van der Waals surface area contributed by atoms with Gasteiger partial charge in [-0.05, 0) is 44.9 Å². The van der Waals surface area contributed by atoms with Crippen molar-refractivity contribution >= 4 is 17.9 Å². The van der Waals surface area contributed by atoms with Crippen LogP contribution in [0.5, 0.6) is 0 Å². The van der Waals surface area contributed by atoms with Crippen LogP contribution < -0.4 is 0 Å². The Hall–Kier alpha value is -1.85. The Morgan fingerprint density at radius 3 is 0.794 bits per heavy atom.